The van der Waals surface area contributed by atoms with E-state index in [2.05, 4.69) is 32.6 Å². The molecule has 2 heterocycles. The standard InChI is InChI=1S/C25H23N5O2S/c1-15(2)31-23-9-6-16(10-17(23)11-26)25-29-24(30-32-25)21-5-3-4-20-19(21)7-8-22(20)28-13-18-12-27-14-33-18/h3-6,9-10,12,14-15,22,28H,7-8,13H2,1-2H3/t22-/m0/s1. The number of nitrogens with zero attached hydrogens (tertiary/aromatic N) is 4. The largest absolute Gasteiger partial charge is 0.490 e. The summed E-state index contributed by atoms with van der Waals surface area (Å²) in [6.45, 7) is 4.66. The quantitative estimate of drug-likeness (QED) is 0.402. The van der Waals surface area contributed by atoms with E-state index in [-0.39, 0.29) is 6.10 Å². The van der Waals surface area contributed by atoms with Gasteiger partial charge in [-0.2, -0.15) is 10.2 Å². The topological polar surface area (TPSA) is 96.9 Å². The number of aromatic nitrogens is 3. The highest BCUT2D eigenvalue weighted by Gasteiger charge is 2.26. The van der Waals surface area contributed by atoms with Crippen molar-refractivity contribution in [3.63, 3.8) is 0 Å². The fourth-order valence-electron chi connectivity index (χ4n) is 4.19. The van der Waals surface area contributed by atoms with Crippen LogP contribution < -0.4 is 10.1 Å². The first-order valence-electron chi connectivity index (χ1n) is 10.9. The molecule has 5 rings (SSSR count). The number of fused-ring (bicyclic) bond motifs is 1. The SMILES string of the molecule is CC(C)Oc1ccc(-c2nc(-c3cccc4c3CC[C@@H]4NCc3cncs3)no2)cc1C#N. The molecule has 0 aliphatic heterocycles. The normalized spacial score (nSPS) is 14.9. The first-order chi connectivity index (χ1) is 16.1. The van der Waals surface area contributed by atoms with E-state index in [4.69, 9.17) is 9.26 Å². The highest BCUT2D eigenvalue weighted by molar-refractivity contribution is 7.09. The van der Waals surface area contributed by atoms with E-state index in [1.807, 2.05) is 43.8 Å². The molecule has 1 aliphatic rings. The number of rotatable bonds is 7. The molecule has 4 aromatic rings. The first-order valence-corrected chi connectivity index (χ1v) is 11.8. The minimum Gasteiger partial charge on any atom is -0.490 e. The van der Waals surface area contributed by atoms with E-state index in [1.54, 1.807) is 23.5 Å². The Labute approximate surface area is 196 Å². The van der Waals surface area contributed by atoms with Crippen LogP contribution in [-0.2, 0) is 13.0 Å². The molecule has 2 aromatic carbocycles. The Morgan fingerprint density at radius 2 is 2.21 bits per heavy atom. The molecule has 0 spiro atoms. The Morgan fingerprint density at radius 3 is 3.00 bits per heavy atom. The zero-order chi connectivity index (χ0) is 22.8. The fraction of sp³-hybridized carbons (Fsp3) is 0.280. The Kier molecular flexibility index (Phi) is 5.90. The molecule has 0 bridgehead atoms. The zero-order valence-electron chi connectivity index (χ0n) is 18.4. The molecule has 8 heteroatoms. The van der Waals surface area contributed by atoms with Crippen molar-refractivity contribution in [1.29, 1.82) is 5.26 Å². The molecule has 0 unspecified atom stereocenters. The van der Waals surface area contributed by atoms with Crippen LogP contribution in [0.3, 0.4) is 0 Å². The lowest BCUT2D eigenvalue weighted by atomic mass is 10.0. The van der Waals surface area contributed by atoms with Gasteiger partial charge in [0, 0.05) is 34.8 Å². The molecule has 7 nitrogen and oxygen atoms in total. The Bertz CT molecular complexity index is 1310. The van der Waals surface area contributed by atoms with Gasteiger partial charge in [0.15, 0.2) is 0 Å². The number of thiazole rings is 1. The van der Waals surface area contributed by atoms with Crippen LogP contribution in [0.25, 0.3) is 22.8 Å². The molecule has 0 fully saturated rings. The molecule has 2 aromatic heterocycles. The van der Waals surface area contributed by atoms with Crippen LogP contribution in [0.15, 0.2) is 52.6 Å². The van der Waals surface area contributed by atoms with Gasteiger partial charge in [0.25, 0.3) is 5.89 Å². The lowest BCUT2D eigenvalue weighted by Crippen LogP contribution is -2.18. The third kappa shape index (κ3) is 4.38. The van der Waals surface area contributed by atoms with E-state index in [0.717, 1.165) is 24.9 Å². The summed E-state index contributed by atoms with van der Waals surface area (Å²) < 4.78 is 11.3. The lowest BCUT2D eigenvalue weighted by Gasteiger charge is -2.13. The van der Waals surface area contributed by atoms with Gasteiger partial charge in [-0.25, -0.2) is 0 Å². The van der Waals surface area contributed by atoms with Crippen LogP contribution in [0.2, 0.25) is 0 Å². The third-order valence-electron chi connectivity index (χ3n) is 5.65. The zero-order valence-corrected chi connectivity index (χ0v) is 19.2. The van der Waals surface area contributed by atoms with Gasteiger partial charge in [-0.15, -0.1) is 11.3 Å². The fourth-order valence-corrected chi connectivity index (χ4v) is 4.73. The smallest absolute Gasteiger partial charge is 0.258 e. The Balaban J connectivity index is 1.39. The van der Waals surface area contributed by atoms with Crippen LogP contribution in [0.5, 0.6) is 5.75 Å². The van der Waals surface area contributed by atoms with Gasteiger partial charge < -0.3 is 14.6 Å². The molecular formula is C25H23N5O2S. The minimum absolute atomic E-state index is 0.0153. The second-order valence-electron chi connectivity index (χ2n) is 8.23. The Morgan fingerprint density at radius 1 is 1.30 bits per heavy atom. The second-order valence-corrected chi connectivity index (χ2v) is 9.20. The van der Waals surface area contributed by atoms with Crippen molar-refractivity contribution in [3.05, 3.63) is 69.7 Å². The maximum Gasteiger partial charge on any atom is 0.258 e. The second kappa shape index (κ2) is 9.14. The highest BCUT2D eigenvalue weighted by atomic mass is 32.1. The molecule has 0 radical (unpaired) electrons. The number of hydrogen-bond acceptors (Lipinski definition) is 8. The average molecular weight is 458 g/mol. The predicted octanol–water partition coefficient (Wildman–Crippen LogP) is 5.30. The van der Waals surface area contributed by atoms with Gasteiger partial charge in [-0.05, 0) is 56.0 Å². The molecule has 33 heavy (non-hydrogen) atoms. The summed E-state index contributed by atoms with van der Waals surface area (Å²) in [4.78, 5) is 10.0. The van der Waals surface area contributed by atoms with Crippen LogP contribution in [0.4, 0.5) is 0 Å². The van der Waals surface area contributed by atoms with Crippen molar-refractivity contribution in [2.24, 2.45) is 0 Å². The van der Waals surface area contributed by atoms with Gasteiger partial charge in [0.2, 0.25) is 5.82 Å². The summed E-state index contributed by atoms with van der Waals surface area (Å²) in [6.07, 6.45) is 3.87. The molecule has 0 amide bonds. The van der Waals surface area contributed by atoms with E-state index < -0.39 is 0 Å². The van der Waals surface area contributed by atoms with E-state index >= 15 is 0 Å². The number of nitrogens with one attached hydrogen (secondary N) is 1. The predicted molar refractivity (Wildman–Crippen MR) is 126 cm³/mol. The molecule has 166 valence electrons. The summed E-state index contributed by atoms with van der Waals surface area (Å²) in [5, 5.41) is 17.4. The lowest BCUT2D eigenvalue weighted by molar-refractivity contribution is 0.241. The third-order valence-corrected chi connectivity index (χ3v) is 6.43. The summed E-state index contributed by atoms with van der Waals surface area (Å²) in [5.41, 5.74) is 6.52. The number of nitriles is 1. The van der Waals surface area contributed by atoms with Crippen LogP contribution >= 0.6 is 11.3 Å². The number of benzene rings is 2. The summed E-state index contributed by atoms with van der Waals surface area (Å²) in [7, 11) is 0. The average Bonchev–Trinajstić information content (AvgIpc) is 3.58. The van der Waals surface area contributed by atoms with Crippen LogP contribution in [0, 0.1) is 11.3 Å². The van der Waals surface area contributed by atoms with Gasteiger partial charge in [-0.1, -0.05) is 23.4 Å². The van der Waals surface area contributed by atoms with Crippen molar-refractivity contribution in [2.75, 3.05) is 0 Å². The maximum atomic E-state index is 9.52. The molecular weight excluding hydrogens is 434 g/mol. The van der Waals surface area contributed by atoms with Gasteiger partial charge in [-0.3, -0.25) is 4.98 Å². The maximum absolute atomic E-state index is 9.52. The summed E-state index contributed by atoms with van der Waals surface area (Å²) in [5.74, 6) is 1.49. The van der Waals surface area contributed by atoms with Crippen molar-refractivity contribution >= 4 is 11.3 Å². The van der Waals surface area contributed by atoms with Crippen LogP contribution in [-0.4, -0.2) is 21.2 Å². The van der Waals surface area contributed by atoms with E-state index in [9.17, 15) is 5.26 Å². The van der Waals surface area contributed by atoms with Gasteiger partial charge in [0.1, 0.15) is 11.8 Å². The van der Waals surface area contributed by atoms with E-state index in [0.29, 0.717) is 34.6 Å². The Hall–Kier alpha value is -3.54. The minimum atomic E-state index is -0.0153. The number of ether oxygens (including phenoxy) is 1. The van der Waals surface area contributed by atoms with Crippen LogP contribution in [0.1, 0.15) is 47.9 Å². The van der Waals surface area contributed by atoms with Crippen molar-refractivity contribution in [3.8, 4) is 34.7 Å². The van der Waals surface area contributed by atoms with Crippen molar-refractivity contribution in [1.82, 2.24) is 20.4 Å². The summed E-state index contributed by atoms with van der Waals surface area (Å²) >= 11 is 1.66. The summed E-state index contributed by atoms with van der Waals surface area (Å²) in [6, 6.07) is 14.1. The number of hydrogen-bond donors (Lipinski definition) is 1. The molecule has 1 atom stereocenters. The highest BCUT2D eigenvalue weighted by Crippen LogP contribution is 2.38. The molecule has 0 saturated carbocycles. The van der Waals surface area contributed by atoms with E-state index in [1.165, 1.54) is 16.0 Å². The van der Waals surface area contributed by atoms with Crippen molar-refractivity contribution < 1.29 is 9.26 Å². The van der Waals surface area contributed by atoms with Gasteiger partial charge >= 0.3 is 0 Å². The molecule has 1 N–H and O–H groups in total. The van der Waals surface area contributed by atoms with Crippen molar-refractivity contribution in [2.45, 2.75) is 45.4 Å². The molecule has 1 aliphatic carbocycles. The van der Waals surface area contributed by atoms with Gasteiger partial charge in [0.05, 0.1) is 17.2 Å². The first kappa shape index (κ1) is 21.3. The monoisotopic (exact) mass is 457 g/mol. The molecule has 0 saturated heterocycles.